The van der Waals surface area contributed by atoms with Crippen LogP contribution in [-0.4, -0.2) is 36.1 Å². The third kappa shape index (κ3) is 4.11. The van der Waals surface area contributed by atoms with Gasteiger partial charge in [-0.3, -0.25) is 4.79 Å². The molecule has 132 valence electrons. The van der Waals surface area contributed by atoms with Crippen LogP contribution >= 0.6 is 11.6 Å². The number of amides is 1. The van der Waals surface area contributed by atoms with E-state index < -0.39 is 0 Å². The third-order valence-corrected chi connectivity index (χ3v) is 4.02. The van der Waals surface area contributed by atoms with Crippen LogP contribution < -0.4 is 20.1 Å². The molecule has 1 aromatic heterocycles. The Morgan fingerprint density at radius 2 is 1.88 bits per heavy atom. The Bertz CT molecular complexity index is 809. The maximum absolute atomic E-state index is 12.6. The molecule has 0 bridgehead atoms. The van der Waals surface area contributed by atoms with Crippen molar-refractivity contribution in [2.24, 2.45) is 0 Å². The van der Waals surface area contributed by atoms with E-state index in [1.165, 1.54) is 14.2 Å². The zero-order chi connectivity index (χ0) is 18.0. The molecular weight excluding hydrogens is 344 g/mol. The van der Waals surface area contributed by atoms with E-state index >= 15 is 0 Å². The van der Waals surface area contributed by atoms with Crippen molar-refractivity contribution < 1.29 is 14.3 Å². The number of carbonyl (C=O) groups is 1. The lowest BCUT2D eigenvalue weighted by Gasteiger charge is -2.13. The van der Waals surface area contributed by atoms with E-state index in [4.69, 9.17) is 21.1 Å². The van der Waals surface area contributed by atoms with Crippen molar-refractivity contribution in [2.75, 3.05) is 24.9 Å². The highest BCUT2D eigenvalue weighted by Crippen LogP contribution is 2.36. The first-order valence-electron chi connectivity index (χ1n) is 7.85. The molecule has 1 amide bonds. The summed E-state index contributed by atoms with van der Waals surface area (Å²) < 4.78 is 10.5. The quantitative estimate of drug-likeness (QED) is 0.820. The predicted octanol–water partition coefficient (Wildman–Crippen LogP) is 3.28. The Morgan fingerprint density at radius 1 is 1.16 bits per heavy atom. The largest absolute Gasteiger partial charge is 0.495 e. The summed E-state index contributed by atoms with van der Waals surface area (Å²) in [5.41, 5.74) is 0.716. The monoisotopic (exact) mass is 362 g/mol. The maximum atomic E-state index is 12.6. The van der Waals surface area contributed by atoms with E-state index in [-0.39, 0.29) is 11.6 Å². The minimum atomic E-state index is -0.368. The second-order valence-electron chi connectivity index (χ2n) is 5.75. The molecule has 1 saturated carbocycles. The second kappa shape index (κ2) is 7.14. The van der Waals surface area contributed by atoms with Crippen molar-refractivity contribution in [3.8, 4) is 11.5 Å². The van der Waals surface area contributed by atoms with E-state index in [2.05, 4.69) is 20.6 Å². The number of hydrogen-bond donors (Lipinski definition) is 2. The number of carbonyl (C=O) groups excluding carboxylic acids is 1. The maximum Gasteiger partial charge on any atom is 0.274 e. The fourth-order valence-corrected chi connectivity index (χ4v) is 2.57. The van der Waals surface area contributed by atoms with Crippen molar-refractivity contribution in [1.82, 2.24) is 9.97 Å². The van der Waals surface area contributed by atoms with Crippen molar-refractivity contribution in [3.63, 3.8) is 0 Å². The van der Waals surface area contributed by atoms with Crippen LogP contribution in [0.5, 0.6) is 11.5 Å². The predicted molar refractivity (Wildman–Crippen MR) is 95.9 cm³/mol. The van der Waals surface area contributed by atoms with E-state index in [9.17, 15) is 4.79 Å². The molecule has 3 rings (SSSR count). The number of aryl methyl sites for hydroxylation is 1. The molecule has 1 aliphatic rings. The Kier molecular flexibility index (Phi) is 4.94. The number of aromatic nitrogens is 2. The Hall–Kier alpha value is -2.54. The van der Waals surface area contributed by atoms with Crippen LogP contribution in [0.25, 0.3) is 0 Å². The van der Waals surface area contributed by atoms with E-state index in [0.29, 0.717) is 39.9 Å². The standard InChI is InChI=1S/C17H19ClN4O3/c1-9-19-13(8-16(20-9)21-10-4-5-10)17(23)22-12-7-14(24-2)11(18)6-15(12)25-3/h6-8,10H,4-5H2,1-3H3,(H,22,23)(H,19,20,21). The molecule has 0 spiro atoms. The number of benzene rings is 1. The lowest BCUT2D eigenvalue weighted by molar-refractivity contribution is 0.102. The van der Waals surface area contributed by atoms with Crippen molar-refractivity contribution in [2.45, 2.75) is 25.8 Å². The van der Waals surface area contributed by atoms with Crippen molar-refractivity contribution in [1.29, 1.82) is 0 Å². The molecular formula is C17H19ClN4O3. The Balaban J connectivity index is 1.85. The minimum absolute atomic E-state index is 0.270. The smallest absolute Gasteiger partial charge is 0.274 e. The van der Waals surface area contributed by atoms with Crippen molar-refractivity contribution >= 4 is 29.0 Å². The van der Waals surface area contributed by atoms with E-state index in [0.717, 1.165) is 12.8 Å². The second-order valence-corrected chi connectivity index (χ2v) is 6.15. The minimum Gasteiger partial charge on any atom is -0.495 e. The number of methoxy groups -OCH3 is 2. The van der Waals surface area contributed by atoms with Gasteiger partial charge in [-0.1, -0.05) is 11.6 Å². The normalized spacial score (nSPS) is 13.3. The molecule has 0 unspecified atom stereocenters. The van der Waals surface area contributed by atoms with Gasteiger partial charge in [0.15, 0.2) is 0 Å². The molecule has 8 heteroatoms. The number of rotatable bonds is 6. The molecule has 7 nitrogen and oxygen atoms in total. The topological polar surface area (TPSA) is 85.4 Å². The number of nitrogens with one attached hydrogen (secondary N) is 2. The molecule has 1 aliphatic carbocycles. The molecule has 25 heavy (non-hydrogen) atoms. The molecule has 0 radical (unpaired) electrons. The Morgan fingerprint density at radius 3 is 2.52 bits per heavy atom. The van der Waals surface area contributed by atoms with Crippen LogP contribution in [0.1, 0.15) is 29.2 Å². The zero-order valence-corrected chi connectivity index (χ0v) is 15.0. The van der Waals surface area contributed by atoms with Crippen LogP contribution in [-0.2, 0) is 0 Å². The van der Waals surface area contributed by atoms with Gasteiger partial charge in [-0.25, -0.2) is 9.97 Å². The SMILES string of the molecule is COc1cc(NC(=O)c2cc(NC3CC3)nc(C)n2)c(OC)cc1Cl. The van der Waals surface area contributed by atoms with Crippen LogP contribution in [0.3, 0.4) is 0 Å². The number of hydrogen-bond acceptors (Lipinski definition) is 6. The average molecular weight is 363 g/mol. The summed E-state index contributed by atoms with van der Waals surface area (Å²) in [5.74, 6) is 1.68. The lowest BCUT2D eigenvalue weighted by Crippen LogP contribution is -2.16. The molecule has 2 aromatic rings. The zero-order valence-electron chi connectivity index (χ0n) is 14.2. The van der Waals surface area contributed by atoms with Gasteiger partial charge in [-0.15, -0.1) is 0 Å². The van der Waals surface area contributed by atoms with Crippen LogP contribution in [0.4, 0.5) is 11.5 Å². The molecule has 0 aliphatic heterocycles. The van der Waals surface area contributed by atoms with Crippen LogP contribution in [0.2, 0.25) is 5.02 Å². The first kappa shape index (κ1) is 17.3. The van der Waals surface area contributed by atoms with Crippen LogP contribution in [0, 0.1) is 6.92 Å². The van der Waals surface area contributed by atoms with Gasteiger partial charge in [0.05, 0.1) is 24.9 Å². The number of halogens is 1. The first-order chi connectivity index (χ1) is 12.0. The lowest BCUT2D eigenvalue weighted by atomic mass is 10.2. The van der Waals surface area contributed by atoms with E-state index in [1.807, 2.05) is 0 Å². The summed E-state index contributed by atoms with van der Waals surface area (Å²) in [6.07, 6.45) is 2.23. The molecule has 1 aromatic carbocycles. The van der Waals surface area contributed by atoms with Crippen molar-refractivity contribution in [3.05, 3.63) is 34.7 Å². The molecule has 0 saturated heterocycles. The average Bonchev–Trinajstić information content (AvgIpc) is 3.39. The fourth-order valence-electron chi connectivity index (χ4n) is 2.34. The van der Waals surface area contributed by atoms with Gasteiger partial charge in [-0.05, 0) is 19.8 Å². The summed E-state index contributed by atoms with van der Waals surface area (Å²) >= 11 is 6.08. The van der Waals surface area contributed by atoms with Gasteiger partial charge in [-0.2, -0.15) is 0 Å². The number of anilines is 2. The van der Waals surface area contributed by atoms with Gasteiger partial charge >= 0.3 is 0 Å². The Labute approximate surface area is 150 Å². The van der Waals surface area contributed by atoms with Gasteiger partial charge < -0.3 is 20.1 Å². The first-order valence-corrected chi connectivity index (χ1v) is 8.23. The summed E-state index contributed by atoms with van der Waals surface area (Å²) in [6.45, 7) is 1.75. The number of nitrogens with zero attached hydrogens (tertiary/aromatic N) is 2. The summed E-state index contributed by atoms with van der Waals surface area (Å²) in [5, 5.41) is 6.45. The van der Waals surface area contributed by atoms with E-state index in [1.54, 1.807) is 25.1 Å². The molecule has 1 heterocycles. The van der Waals surface area contributed by atoms with Gasteiger partial charge in [0.2, 0.25) is 0 Å². The summed E-state index contributed by atoms with van der Waals surface area (Å²) in [4.78, 5) is 21.1. The highest BCUT2D eigenvalue weighted by atomic mass is 35.5. The highest BCUT2D eigenvalue weighted by Gasteiger charge is 2.22. The van der Waals surface area contributed by atoms with Gasteiger partial charge in [0.25, 0.3) is 5.91 Å². The van der Waals surface area contributed by atoms with Gasteiger partial charge in [0.1, 0.15) is 28.8 Å². The number of ether oxygens (including phenoxy) is 2. The molecule has 2 N–H and O–H groups in total. The molecule has 1 fully saturated rings. The van der Waals surface area contributed by atoms with Crippen LogP contribution in [0.15, 0.2) is 18.2 Å². The third-order valence-electron chi connectivity index (χ3n) is 3.72. The molecule has 0 atom stereocenters. The highest BCUT2D eigenvalue weighted by molar-refractivity contribution is 6.32. The summed E-state index contributed by atoms with van der Waals surface area (Å²) in [6, 6.07) is 5.27. The fraction of sp³-hybridized carbons (Fsp3) is 0.353. The van der Waals surface area contributed by atoms with Gasteiger partial charge in [0, 0.05) is 24.2 Å². The summed E-state index contributed by atoms with van der Waals surface area (Å²) in [7, 11) is 3.00.